The number of ether oxygens (including phenoxy) is 4. The molecule has 312 valence electrons. The fraction of sp³-hybridized carbons (Fsp3) is 0.375. The van der Waals surface area contributed by atoms with Crippen LogP contribution in [0.15, 0.2) is 76.5 Å². The number of ketones is 1. The molecule has 1 amide bonds. The molecule has 0 unspecified atom stereocenters. The predicted molar refractivity (Wildman–Crippen MR) is 223 cm³/mol. The normalized spacial score (nSPS) is 31.0. The Morgan fingerprint density at radius 2 is 2.00 bits per heavy atom. The SMILES string of the molecule is COc1c2c(c3c(O)c(C(=O)CN4Cc5ccccc5C4=O)c4c5c3c1CCC5=C[C@@H]1CCC[C@H]41)O[C@H]1O[C@H](CO[C@@H](C3=C4[CH+]C=CC=C4N=C3)/C=C/2)[C@@H](O)[C@H](O)[C@]1(O)CO. The second kappa shape index (κ2) is 14.3. The van der Waals surface area contributed by atoms with Gasteiger partial charge in [-0.25, -0.2) is 0 Å². The molecule has 61 heavy (non-hydrogen) atoms. The van der Waals surface area contributed by atoms with Crippen molar-refractivity contribution >= 4 is 40.3 Å². The van der Waals surface area contributed by atoms with E-state index in [0.29, 0.717) is 40.7 Å². The maximum Gasteiger partial charge on any atom is 0.254 e. The molecule has 11 rings (SSSR count). The van der Waals surface area contributed by atoms with Crippen LogP contribution in [0.2, 0.25) is 0 Å². The minimum absolute atomic E-state index is 0.0361. The van der Waals surface area contributed by atoms with Gasteiger partial charge in [0.1, 0.15) is 47.2 Å². The zero-order chi connectivity index (χ0) is 41.9. The summed E-state index contributed by atoms with van der Waals surface area (Å²) in [7, 11) is 1.55. The van der Waals surface area contributed by atoms with Crippen LogP contribution in [-0.4, -0.2) is 112 Å². The standard InChI is InChI=1S/C48H44N2O11/c1-58-43-29-14-13-24-17-23-8-6-11-26(23)37-36(24)38(29)40(42(54)39(37)33(52)20-50-19-25-7-2-3-9-27(25)46(50)56)44-30(43)15-16-34(31-18-49-32-12-5-4-10-28(31)32)59-21-35-41(53)45(55)48(57,22-51)47(60-35)61-44/h2-5,7,9-10,12,15-18,23,26,34-35,41,45,47,51,53,55,57H,6,8,11,13-14,19-22H2,1H3/p+1/b16-15+/t23-,26-,34+,35+,41+,45-,47+,48+/m0/s1. The van der Waals surface area contributed by atoms with Gasteiger partial charge in [-0.15, -0.1) is 0 Å². The number of aliphatic imine (C=N–C) groups is 1. The van der Waals surface area contributed by atoms with Gasteiger partial charge in [0.15, 0.2) is 17.1 Å². The van der Waals surface area contributed by atoms with Crippen molar-refractivity contribution in [1.29, 1.82) is 0 Å². The molecule has 2 bridgehead atoms. The van der Waals surface area contributed by atoms with E-state index in [-0.39, 0.29) is 59.9 Å². The van der Waals surface area contributed by atoms with E-state index in [9.17, 15) is 30.3 Å². The van der Waals surface area contributed by atoms with E-state index in [2.05, 4.69) is 11.1 Å². The van der Waals surface area contributed by atoms with E-state index in [1.165, 1.54) is 4.90 Å². The number of allylic oxidation sites excluding steroid dienone is 6. The molecule has 1 saturated carbocycles. The molecule has 0 aromatic heterocycles. The Bertz CT molecular complexity index is 2640. The third kappa shape index (κ3) is 5.61. The van der Waals surface area contributed by atoms with Crippen LogP contribution in [0.5, 0.6) is 17.2 Å². The van der Waals surface area contributed by atoms with Crippen molar-refractivity contribution in [3.63, 3.8) is 0 Å². The van der Waals surface area contributed by atoms with Crippen LogP contribution in [0.3, 0.4) is 0 Å². The van der Waals surface area contributed by atoms with Gasteiger partial charge in [0, 0.05) is 47.7 Å². The molecule has 3 aromatic rings. The van der Waals surface area contributed by atoms with Crippen LogP contribution in [-0.2, 0) is 22.4 Å². The smallest absolute Gasteiger partial charge is 0.254 e. The Hall–Kier alpha value is -5.54. The van der Waals surface area contributed by atoms with Crippen molar-refractivity contribution in [2.45, 2.75) is 80.9 Å². The molecule has 4 heterocycles. The Kier molecular flexibility index (Phi) is 8.98. The van der Waals surface area contributed by atoms with Crippen molar-refractivity contribution in [3.05, 3.63) is 117 Å². The van der Waals surface area contributed by atoms with E-state index >= 15 is 4.79 Å². The van der Waals surface area contributed by atoms with Crippen LogP contribution in [0.1, 0.15) is 80.1 Å². The van der Waals surface area contributed by atoms with Crippen molar-refractivity contribution < 1.29 is 54.1 Å². The Morgan fingerprint density at radius 1 is 1.15 bits per heavy atom. The highest BCUT2D eigenvalue weighted by atomic mass is 16.7. The van der Waals surface area contributed by atoms with Gasteiger partial charge in [0.2, 0.25) is 6.29 Å². The number of rotatable bonds is 6. The lowest BCUT2D eigenvalue weighted by Crippen LogP contribution is -2.69. The predicted octanol–water partition coefficient (Wildman–Crippen LogP) is 4.62. The van der Waals surface area contributed by atoms with Gasteiger partial charge < -0.3 is 49.4 Å². The van der Waals surface area contributed by atoms with Gasteiger partial charge >= 0.3 is 0 Å². The van der Waals surface area contributed by atoms with Gasteiger partial charge in [-0.3, -0.25) is 9.59 Å². The summed E-state index contributed by atoms with van der Waals surface area (Å²) >= 11 is 0. The van der Waals surface area contributed by atoms with Crippen LogP contribution in [0.25, 0.3) is 22.4 Å². The zero-order valence-corrected chi connectivity index (χ0v) is 33.4. The number of aliphatic hydroxyl groups excluding tert-OH is 3. The number of nitrogens with zero attached hydrogens (tertiary/aromatic N) is 2. The number of Topliss-reactive ketones (excluding diaryl/α,β-unsaturated/α-hetero) is 1. The number of benzene rings is 3. The minimum Gasteiger partial charge on any atom is -0.506 e. The van der Waals surface area contributed by atoms with E-state index < -0.39 is 48.7 Å². The third-order valence-corrected chi connectivity index (χ3v) is 14.0. The third-order valence-electron chi connectivity index (χ3n) is 14.0. The first-order valence-electron chi connectivity index (χ1n) is 21.0. The Morgan fingerprint density at radius 3 is 2.82 bits per heavy atom. The molecule has 0 spiro atoms. The average molecular weight is 826 g/mol. The molecule has 5 N–H and O–H groups in total. The Balaban J connectivity index is 1.17. The molecule has 4 aliphatic carbocycles. The average Bonchev–Trinajstić information content (AvgIpc) is 4.00. The summed E-state index contributed by atoms with van der Waals surface area (Å²) in [5.74, 6) is -0.526. The number of fused-ring (bicyclic) bond motifs is 8. The van der Waals surface area contributed by atoms with E-state index in [1.807, 2.05) is 36.8 Å². The lowest BCUT2D eigenvalue weighted by atomic mass is 9.69. The number of aryl methyl sites for hydroxylation is 1. The lowest BCUT2D eigenvalue weighted by Gasteiger charge is -2.47. The maximum atomic E-state index is 15.0. The second-order valence-electron chi connectivity index (χ2n) is 17.2. The van der Waals surface area contributed by atoms with E-state index in [4.69, 9.17) is 18.9 Å². The number of aromatic hydroxyl groups is 1. The summed E-state index contributed by atoms with van der Waals surface area (Å²) < 4.78 is 25.7. The molecule has 2 fully saturated rings. The van der Waals surface area contributed by atoms with Crippen molar-refractivity contribution in [1.82, 2.24) is 4.90 Å². The molecule has 0 radical (unpaired) electrons. The monoisotopic (exact) mass is 825 g/mol. The largest absolute Gasteiger partial charge is 0.506 e. The maximum absolute atomic E-state index is 15.0. The highest BCUT2D eigenvalue weighted by Crippen LogP contribution is 2.60. The quantitative estimate of drug-likeness (QED) is 0.173. The van der Waals surface area contributed by atoms with Gasteiger partial charge in [-0.1, -0.05) is 30.7 Å². The van der Waals surface area contributed by atoms with Crippen LogP contribution in [0.4, 0.5) is 0 Å². The number of methoxy groups -OCH3 is 1. The fourth-order valence-corrected chi connectivity index (χ4v) is 11.0. The molecule has 8 atom stereocenters. The van der Waals surface area contributed by atoms with Crippen LogP contribution < -0.4 is 9.47 Å². The molecule has 4 aliphatic heterocycles. The van der Waals surface area contributed by atoms with Crippen LogP contribution >= 0.6 is 0 Å². The molecular weight excluding hydrogens is 781 g/mol. The number of hydrogen-bond acceptors (Lipinski definition) is 12. The molecular formula is C48H45N2O11+. The first kappa shape index (κ1) is 38.4. The molecule has 13 nitrogen and oxygen atoms in total. The molecule has 8 aliphatic rings. The number of carbonyl (C=O) groups excluding carboxylic acids is 2. The number of carbonyl (C=O) groups is 2. The minimum atomic E-state index is -2.55. The number of phenolic OH excluding ortho intramolecular Hbond substituents is 1. The lowest BCUT2D eigenvalue weighted by molar-refractivity contribution is -0.329. The van der Waals surface area contributed by atoms with Gasteiger partial charge in [0.05, 0.1) is 55.2 Å². The zero-order valence-electron chi connectivity index (χ0n) is 33.4. The molecule has 3 aromatic carbocycles. The summed E-state index contributed by atoms with van der Waals surface area (Å²) in [6, 6.07) is 7.28. The molecule has 1 saturated heterocycles. The summed E-state index contributed by atoms with van der Waals surface area (Å²) in [5.41, 5.74) is 4.97. The number of phenols is 1. The van der Waals surface area contributed by atoms with Crippen molar-refractivity contribution in [3.8, 4) is 17.2 Å². The number of aliphatic hydroxyl groups is 4. The van der Waals surface area contributed by atoms with Crippen LogP contribution in [0, 0.1) is 12.3 Å². The summed E-state index contributed by atoms with van der Waals surface area (Å²) in [6.07, 6.45) is 11.5. The summed E-state index contributed by atoms with van der Waals surface area (Å²) in [5, 5.41) is 59.1. The number of amides is 1. The first-order valence-corrected chi connectivity index (χ1v) is 21.0. The van der Waals surface area contributed by atoms with E-state index in [0.717, 1.165) is 58.4 Å². The van der Waals surface area contributed by atoms with Gasteiger partial charge in [0.25, 0.3) is 5.91 Å². The fourth-order valence-electron chi connectivity index (χ4n) is 11.0. The summed E-state index contributed by atoms with van der Waals surface area (Å²) in [4.78, 5) is 34.8. The molecule has 13 heteroatoms. The van der Waals surface area contributed by atoms with Crippen molar-refractivity contribution in [2.75, 3.05) is 26.9 Å². The Labute approximate surface area is 351 Å². The highest BCUT2D eigenvalue weighted by molar-refractivity contribution is 6.17. The van der Waals surface area contributed by atoms with Gasteiger partial charge in [-0.05, 0) is 78.0 Å². The van der Waals surface area contributed by atoms with Gasteiger partial charge in [-0.2, -0.15) is 4.99 Å². The van der Waals surface area contributed by atoms with Crippen molar-refractivity contribution in [2.24, 2.45) is 10.9 Å². The highest BCUT2D eigenvalue weighted by Gasteiger charge is 2.57. The first-order chi connectivity index (χ1) is 29.6. The van der Waals surface area contributed by atoms with E-state index in [1.54, 1.807) is 37.6 Å². The topological polar surface area (TPSA) is 188 Å². The summed E-state index contributed by atoms with van der Waals surface area (Å²) in [6.45, 7) is -1.35. The second-order valence-corrected chi connectivity index (χ2v) is 17.2. The number of hydrogen-bond donors (Lipinski definition) is 5.